The quantitative estimate of drug-likeness (QED) is 0.481. The topological polar surface area (TPSA) is 81.6 Å². The van der Waals surface area contributed by atoms with Crippen LogP contribution in [-0.2, 0) is 6.54 Å². The van der Waals surface area contributed by atoms with Crippen LogP contribution in [0.15, 0.2) is 24.3 Å². The number of hydrogen-bond donors (Lipinski definition) is 4. The summed E-state index contributed by atoms with van der Waals surface area (Å²) in [6, 6.07) is 6.95. The minimum Gasteiger partial charge on any atom is -0.478 e. The highest BCUT2D eigenvalue weighted by Crippen LogP contribution is 2.07. The number of aromatic carboxylic acids is 1. The minimum atomic E-state index is -0.902. The first kappa shape index (κ1) is 13.6. The van der Waals surface area contributed by atoms with E-state index in [9.17, 15) is 4.79 Å². The maximum atomic E-state index is 10.9. The van der Waals surface area contributed by atoms with Gasteiger partial charge in [-0.05, 0) is 11.6 Å². The van der Waals surface area contributed by atoms with Gasteiger partial charge in [-0.25, -0.2) is 4.79 Å². The molecule has 1 aromatic carbocycles. The Morgan fingerprint density at radius 2 is 1.82 bits per heavy atom. The smallest absolute Gasteiger partial charge is 0.336 e. The molecule has 0 aromatic heterocycles. The Morgan fingerprint density at radius 1 is 1.12 bits per heavy atom. The number of carboxylic acid groups (broad SMARTS) is 1. The molecule has 1 rings (SSSR count). The molecule has 0 spiro atoms. The van der Waals surface area contributed by atoms with Crippen molar-refractivity contribution in [1.29, 1.82) is 0 Å². The number of aliphatic hydroxyl groups is 1. The van der Waals surface area contributed by atoms with Crippen molar-refractivity contribution in [1.82, 2.24) is 10.6 Å². The summed E-state index contributed by atoms with van der Waals surface area (Å²) in [5.74, 6) is -0.902. The molecule has 0 aliphatic carbocycles. The first-order valence-electron chi connectivity index (χ1n) is 5.59. The van der Waals surface area contributed by atoms with Gasteiger partial charge in [0.2, 0.25) is 0 Å². The average Bonchev–Trinajstić information content (AvgIpc) is 2.34. The Labute approximate surface area is 100 Å². The number of nitrogens with one attached hydrogen (secondary N) is 2. The van der Waals surface area contributed by atoms with Crippen molar-refractivity contribution in [3.63, 3.8) is 0 Å². The Balaban J connectivity index is 2.34. The molecule has 0 saturated heterocycles. The summed E-state index contributed by atoms with van der Waals surface area (Å²) in [6.07, 6.45) is 0. The van der Waals surface area contributed by atoms with E-state index in [0.717, 1.165) is 18.7 Å². The molecular formula is C12H18N2O3. The van der Waals surface area contributed by atoms with E-state index in [4.69, 9.17) is 10.2 Å². The summed E-state index contributed by atoms with van der Waals surface area (Å²) < 4.78 is 0. The van der Waals surface area contributed by atoms with Crippen molar-refractivity contribution >= 4 is 5.97 Å². The zero-order valence-corrected chi connectivity index (χ0v) is 9.65. The predicted octanol–water partition coefficient (Wildman–Crippen LogP) is 0.0563. The zero-order chi connectivity index (χ0) is 12.5. The Bertz CT molecular complexity index is 355. The van der Waals surface area contributed by atoms with Gasteiger partial charge >= 0.3 is 5.97 Å². The molecule has 0 aliphatic heterocycles. The van der Waals surface area contributed by atoms with Crippen molar-refractivity contribution in [3.05, 3.63) is 35.4 Å². The molecule has 0 bridgehead atoms. The fraction of sp³-hybridized carbons (Fsp3) is 0.417. The van der Waals surface area contributed by atoms with Gasteiger partial charge in [-0.15, -0.1) is 0 Å². The van der Waals surface area contributed by atoms with Gasteiger partial charge in [0.1, 0.15) is 0 Å². The molecule has 1 aromatic rings. The van der Waals surface area contributed by atoms with Gasteiger partial charge in [0.25, 0.3) is 0 Å². The zero-order valence-electron chi connectivity index (χ0n) is 9.65. The van der Waals surface area contributed by atoms with E-state index in [1.807, 2.05) is 6.07 Å². The van der Waals surface area contributed by atoms with Crippen LogP contribution in [-0.4, -0.2) is 42.4 Å². The average molecular weight is 238 g/mol. The Hall–Kier alpha value is -1.43. The van der Waals surface area contributed by atoms with Crippen molar-refractivity contribution in [3.8, 4) is 0 Å². The second-order valence-electron chi connectivity index (χ2n) is 3.61. The molecule has 5 heteroatoms. The van der Waals surface area contributed by atoms with E-state index in [0.29, 0.717) is 18.7 Å². The molecule has 0 saturated carbocycles. The summed E-state index contributed by atoms with van der Waals surface area (Å²) in [4.78, 5) is 10.9. The number of carbonyl (C=O) groups is 1. The molecular weight excluding hydrogens is 220 g/mol. The summed E-state index contributed by atoms with van der Waals surface area (Å²) in [5, 5.41) is 23.7. The second kappa shape index (κ2) is 7.78. The monoisotopic (exact) mass is 238 g/mol. The molecule has 4 N–H and O–H groups in total. The molecule has 5 nitrogen and oxygen atoms in total. The third-order valence-corrected chi connectivity index (χ3v) is 2.33. The Kier molecular flexibility index (Phi) is 6.24. The summed E-state index contributed by atoms with van der Waals surface area (Å²) in [7, 11) is 0. The van der Waals surface area contributed by atoms with Gasteiger partial charge < -0.3 is 20.8 Å². The van der Waals surface area contributed by atoms with E-state index in [1.165, 1.54) is 0 Å². The highest BCUT2D eigenvalue weighted by molar-refractivity contribution is 5.89. The van der Waals surface area contributed by atoms with Crippen molar-refractivity contribution in [2.45, 2.75) is 6.54 Å². The molecule has 0 atom stereocenters. The number of carboxylic acids is 1. The molecule has 0 amide bonds. The molecule has 0 unspecified atom stereocenters. The lowest BCUT2D eigenvalue weighted by atomic mass is 10.1. The van der Waals surface area contributed by atoms with Crippen LogP contribution >= 0.6 is 0 Å². The van der Waals surface area contributed by atoms with E-state index < -0.39 is 5.97 Å². The van der Waals surface area contributed by atoms with Gasteiger partial charge in [-0.2, -0.15) is 0 Å². The minimum absolute atomic E-state index is 0.127. The van der Waals surface area contributed by atoms with Gasteiger partial charge in [0, 0.05) is 26.2 Å². The number of hydrogen-bond acceptors (Lipinski definition) is 4. The standard InChI is InChI=1S/C12H18N2O3/c15-8-7-13-5-6-14-9-10-3-1-2-4-11(10)12(16)17/h1-4,13-15H,5-9H2,(H,16,17). The maximum Gasteiger partial charge on any atom is 0.336 e. The van der Waals surface area contributed by atoms with Crippen molar-refractivity contribution in [2.24, 2.45) is 0 Å². The molecule has 94 valence electrons. The van der Waals surface area contributed by atoms with Crippen LogP contribution in [0.1, 0.15) is 15.9 Å². The van der Waals surface area contributed by atoms with Crippen LogP contribution in [0, 0.1) is 0 Å². The normalized spacial score (nSPS) is 10.4. The highest BCUT2D eigenvalue weighted by atomic mass is 16.4. The fourth-order valence-corrected chi connectivity index (χ4v) is 1.49. The summed E-state index contributed by atoms with van der Waals surface area (Å²) in [6.45, 7) is 2.71. The number of aliphatic hydroxyl groups excluding tert-OH is 1. The van der Waals surface area contributed by atoms with E-state index in [1.54, 1.807) is 18.2 Å². The van der Waals surface area contributed by atoms with E-state index in [2.05, 4.69) is 10.6 Å². The van der Waals surface area contributed by atoms with Gasteiger partial charge in [-0.3, -0.25) is 0 Å². The number of rotatable bonds is 8. The van der Waals surface area contributed by atoms with Crippen LogP contribution in [0.3, 0.4) is 0 Å². The molecule has 0 aliphatic rings. The largest absolute Gasteiger partial charge is 0.478 e. The molecule has 0 heterocycles. The van der Waals surface area contributed by atoms with Crippen LogP contribution < -0.4 is 10.6 Å². The first-order chi connectivity index (χ1) is 8.25. The van der Waals surface area contributed by atoms with E-state index >= 15 is 0 Å². The SMILES string of the molecule is O=C(O)c1ccccc1CNCCNCCO. The summed E-state index contributed by atoms with van der Waals surface area (Å²) >= 11 is 0. The van der Waals surface area contributed by atoms with Gasteiger partial charge in [0.05, 0.1) is 12.2 Å². The van der Waals surface area contributed by atoms with Crippen molar-refractivity contribution < 1.29 is 15.0 Å². The molecule has 0 fully saturated rings. The van der Waals surface area contributed by atoms with Gasteiger partial charge in [-0.1, -0.05) is 18.2 Å². The van der Waals surface area contributed by atoms with Crippen molar-refractivity contribution in [2.75, 3.05) is 26.2 Å². The second-order valence-corrected chi connectivity index (χ2v) is 3.61. The molecule has 17 heavy (non-hydrogen) atoms. The lowest BCUT2D eigenvalue weighted by Crippen LogP contribution is -2.29. The lowest BCUT2D eigenvalue weighted by molar-refractivity contribution is 0.0695. The predicted molar refractivity (Wildman–Crippen MR) is 65.1 cm³/mol. The van der Waals surface area contributed by atoms with Gasteiger partial charge in [0.15, 0.2) is 0 Å². The third kappa shape index (κ3) is 4.95. The van der Waals surface area contributed by atoms with E-state index in [-0.39, 0.29) is 6.61 Å². The van der Waals surface area contributed by atoms with Crippen LogP contribution in [0.5, 0.6) is 0 Å². The lowest BCUT2D eigenvalue weighted by Gasteiger charge is -2.08. The fourth-order valence-electron chi connectivity index (χ4n) is 1.49. The number of benzene rings is 1. The van der Waals surface area contributed by atoms with Crippen LogP contribution in [0.4, 0.5) is 0 Å². The third-order valence-electron chi connectivity index (χ3n) is 2.33. The highest BCUT2D eigenvalue weighted by Gasteiger charge is 2.07. The molecule has 0 radical (unpaired) electrons. The first-order valence-corrected chi connectivity index (χ1v) is 5.59. The van der Waals surface area contributed by atoms with Crippen LogP contribution in [0.2, 0.25) is 0 Å². The Morgan fingerprint density at radius 3 is 2.53 bits per heavy atom. The summed E-state index contributed by atoms with van der Waals surface area (Å²) in [5.41, 5.74) is 1.12. The maximum absolute atomic E-state index is 10.9. The van der Waals surface area contributed by atoms with Crippen LogP contribution in [0.25, 0.3) is 0 Å².